The number of hydrogen-bond donors (Lipinski definition) is 1. The molecule has 1 atom stereocenters. The summed E-state index contributed by atoms with van der Waals surface area (Å²) in [5.74, 6) is 0. The standard InChI is InChI=1S/C20H32N4O2/c1-2-13-26-19-6-4-10-24(16-19)20(25)22-18-7-11-23(12-8-18)15-17-5-3-9-21-14-17/h3,5,9,14,18-19H,2,4,6-8,10-13,15-16H2,1H3,(H,22,25)/t19-/m1/s1. The van der Waals surface area contributed by atoms with Crippen molar-refractivity contribution in [3.05, 3.63) is 30.1 Å². The molecule has 0 saturated carbocycles. The largest absolute Gasteiger partial charge is 0.376 e. The molecular weight excluding hydrogens is 328 g/mol. The van der Waals surface area contributed by atoms with E-state index in [-0.39, 0.29) is 18.2 Å². The number of aromatic nitrogens is 1. The summed E-state index contributed by atoms with van der Waals surface area (Å²) in [6, 6.07) is 4.47. The number of pyridine rings is 1. The minimum atomic E-state index is 0.0838. The lowest BCUT2D eigenvalue weighted by Crippen LogP contribution is -2.52. The molecule has 0 aliphatic carbocycles. The Morgan fingerprint density at radius 3 is 2.88 bits per heavy atom. The molecule has 26 heavy (non-hydrogen) atoms. The van der Waals surface area contributed by atoms with Crippen molar-refractivity contribution in [3.8, 4) is 0 Å². The van der Waals surface area contributed by atoms with Gasteiger partial charge in [-0.25, -0.2) is 4.79 Å². The first-order valence-electron chi connectivity index (χ1n) is 10.0. The van der Waals surface area contributed by atoms with Crippen LogP contribution in [0.4, 0.5) is 4.79 Å². The molecular formula is C20H32N4O2. The average molecular weight is 361 g/mol. The summed E-state index contributed by atoms with van der Waals surface area (Å²) < 4.78 is 5.84. The Hall–Kier alpha value is -1.66. The first-order chi connectivity index (χ1) is 12.7. The number of carbonyl (C=O) groups excluding carboxylic acids is 1. The van der Waals surface area contributed by atoms with E-state index in [0.29, 0.717) is 0 Å². The normalized spacial score (nSPS) is 22.3. The van der Waals surface area contributed by atoms with Gasteiger partial charge in [0.05, 0.1) is 6.10 Å². The van der Waals surface area contributed by atoms with Crippen molar-refractivity contribution in [1.29, 1.82) is 0 Å². The zero-order valence-electron chi connectivity index (χ0n) is 15.9. The van der Waals surface area contributed by atoms with E-state index in [4.69, 9.17) is 4.74 Å². The third kappa shape index (κ3) is 5.68. The van der Waals surface area contributed by atoms with Crippen molar-refractivity contribution < 1.29 is 9.53 Å². The van der Waals surface area contributed by atoms with Crippen molar-refractivity contribution in [3.63, 3.8) is 0 Å². The smallest absolute Gasteiger partial charge is 0.317 e. The summed E-state index contributed by atoms with van der Waals surface area (Å²) in [6.07, 6.45) is 9.09. The average Bonchev–Trinajstić information content (AvgIpc) is 2.69. The van der Waals surface area contributed by atoms with Gasteiger partial charge in [0.15, 0.2) is 0 Å². The summed E-state index contributed by atoms with van der Waals surface area (Å²) in [4.78, 5) is 21.2. The van der Waals surface area contributed by atoms with Crippen molar-refractivity contribution in [1.82, 2.24) is 20.1 Å². The van der Waals surface area contributed by atoms with Crippen LogP contribution in [0, 0.1) is 0 Å². The number of amides is 2. The predicted molar refractivity (Wildman–Crippen MR) is 102 cm³/mol. The van der Waals surface area contributed by atoms with Gasteiger partial charge in [0, 0.05) is 57.8 Å². The number of urea groups is 1. The minimum absolute atomic E-state index is 0.0838. The van der Waals surface area contributed by atoms with Gasteiger partial charge in [-0.15, -0.1) is 0 Å². The van der Waals surface area contributed by atoms with Crippen LogP contribution in [0.15, 0.2) is 24.5 Å². The van der Waals surface area contributed by atoms with Crippen molar-refractivity contribution >= 4 is 6.03 Å². The fraction of sp³-hybridized carbons (Fsp3) is 0.700. The monoisotopic (exact) mass is 360 g/mol. The Balaban J connectivity index is 1.39. The molecule has 1 aromatic heterocycles. The van der Waals surface area contributed by atoms with Crippen LogP contribution in [0.3, 0.4) is 0 Å². The number of carbonyl (C=O) groups is 1. The van der Waals surface area contributed by atoms with Crippen LogP contribution in [0.25, 0.3) is 0 Å². The number of piperidine rings is 2. The van der Waals surface area contributed by atoms with Gasteiger partial charge in [-0.05, 0) is 43.7 Å². The first-order valence-corrected chi connectivity index (χ1v) is 10.0. The van der Waals surface area contributed by atoms with Crippen LogP contribution >= 0.6 is 0 Å². The van der Waals surface area contributed by atoms with Crippen LogP contribution in [-0.2, 0) is 11.3 Å². The molecule has 3 heterocycles. The van der Waals surface area contributed by atoms with E-state index in [1.807, 2.05) is 23.4 Å². The highest BCUT2D eigenvalue weighted by Crippen LogP contribution is 2.16. The van der Waals surface area contributed by atoms with Gasteiger partial charge in [0.25, 0.3) is 0 Å². The second-order valence-corrected chi connectivity index (χ2v) is 7.44. The molecule has 6 nitrogen and oxygen atoms in total. The van der Waals surface area contributed by atoms with Gasteiger partial charge < -0.3 is 15.0 Å². The Labute approximate surface area is 156 Å². The van der Waals surface area contributed by atoms with Gasteiger partial charge in [0.2, 0.25) is 0 Å². The van der Waals surface area contributed by atoms with Crippen molar-refractivity contribution in [2.75, 3.05) is 32.8 Å². The molecule has 2 aliphatic heterocycles. The second kappa shape index (κ2) is 9.88. The molecule has 0 bridgehead atoms. The number of ether oxygens (including phenoxy) is 1. The molecule has 1 N–H and O–H groups in total. The van der Waals surface area contributed by atoms with Crippen molar-refractivity contribution in [2.45, 2.75) is 57.7 Å². The van der Waals surface area contributed by atoms with Crippen LogP contribution in [0.2, 0.25) is 0 Å². The molecule has 3 rings (SSSR count). The molecule has 6 heteroatoms. The summed E-state index contributed by atoms with van der Waals surface area (Å²) in [5.41, 5.74) is 1.25. The molecule has 1 aromatic rings. The van der Waals surface area contributed by atoms with E-state index < -0.39 is 0 Å². The third-order valence-corrected chi connectivity index (χ3v) is 5.27. The lowest BCUT2D eigenvalue weighted by Gasteiger charge is -2.36. The molecule has 2 amide bonds. The molecule has 0 unspecified atom stereocenters. The Morgan fingerprint density at radius 2 is 2.15 bits per heavy atom. The minimum Gasteiger partial charge on any atom is -0.376 e. The highest BCUT2D eigenvalue weighted by atomic mass is 16.5. The molecule has 144 valence electrons. The highest BCUT2D eigenvalue weighted by molar-refractivity contribution is 5.74. The molecule has 2 fully saturated rings. The van der Waals surface area contributed by atoms with Crippen LogP contribution < -0.4 is 5.32 Å². The van der Waals surface area contributed by atoms with Gasteiger partial charge in [-0.1, -0.05) is 13.0 Å². The third-order valence-electron chi connectivity index (χ3n) is 5.27. The van der Waals surface area contributed by atoms with Gasteiger partial charge in [-0.3, -0.25) is 9.88 Å². The Bertz CT molecular complexity index is 546. The number of likely N-dealkylation sites (tertiary alicyclic amines) is 2. The lowest BCUT2D eigenvalue weighted by atomic mass is 10.0. The van der Waals surface area contributed by atoms with Crippen molar-refractivity contribution in [2.24, 2.45) is 0 Å². The Morgan fingerprint density at radius 1 is 1.31 bits per heavy atom. The second-order valence-electron chi connectivity index (χ2n) is 7.44. The van der Waals surface area contributed by atoms with E-state index in [0.717, 1.165) is 71.4 Å². The Kier molecular flexibility index (Phi) is 7.26. The molecule has 2 aliphatic rings. The highest BCUT2D eigenvalue weighted by Gasteiger charge is 2.27. The fourth-order valence-corrected chi connectivity index (χ4v) is 3.79. The summed E-state index contributed by atoms with van der Waals surface area (Å²) in [5, 5.41) is 3.24. The maximum Gasteiger partial charge on any atom is 0.317 e. The van der Waals surface area contributed by atoms with E-state index in [1.54, 1.807) is 0 Å². The maximum atomic E-state index is 12.6. The van der Waals surface area contributed by atoms with E-state index in [9.17, 15) is 4.79 Å². The fourth-order valence-electron chi connectivity index (χ4n) is 3.79. The number of nitrogens with one attached hydrogen (secondary N) is 1. The number of nitrogens with zero attached hydrogens (tertiary/aromatic N) is 3. The quantitative estimate of drug-likeness (QED) is 0.847. The number of hydrogen-bond acceptors (Lipinski definition) is 4. The van der Waals surface area contributed by atoms with E-state index in [2.05, 4.69) is 28.2 Å². The molecule has 0 aromatic carbocycles. The zero-order chi connectivity index (χ0) is 18.2. The lowest BCUT2D eigenvalue weighted by molar-refractivity contribution is 0.00947. The molecule has 2 saturated heterocycles. The van der Waals surface area contributed by atoms with Crippen LogP contribution in [-0.4, -0.2) is 65.7 Å². The summed E-state index contributed by atoms with van der Waals surface area (Å²) in [6.45, 7) is 7.45. The van der Waals surface area contributed by atoms with E-state index in [1.165, 1.54) is 5.56 Å². The molecule has 0 spiro atoms. The first kappa shape index (κ1) is 19.1. The SMILES string of the molecule is CCCO[C@@H]1CCCN(C(=O)NC2CCN(Cc3cccnc3)CC2)C1. The summed E-state index contributed by atoms with van der Waals surface area (Å²) in [7, 11) is 0. The topological polar surface area (TPSA) is 57.7 Å². The predicted octanol–water partition coefficient (Wildman–Crippen LogP) is 2.65. The zero-order valence-corrected chi connectivity index (χ0v) is 15.9. The van der Waals surface area contributed by atoms with Gasteiger partial charge in [0.1, 0.15) is 0 Å². The van der Waals surface area contributed by atoms with Gasteiger partial charge in [-0.2, -0.15) is 0 Å². The summed E-state index contributed by atoms with van der Waals surface area (Å²) >= 11 is 0. The van der Waals surface area contributed by atoms with Crippen LogP contribution in [0.5, 0.6) is 0 Å². The van der Waals surface area contributed by atoms with Crippen LogP contribution in [0.1, 0.15) is 44.6 Å². The number of rotatable bonds is 6. The van der Waals surface area contributed by atoms with E-state index >= 15 is 0 Å². The van der Waals surface area contributed by atoms with Gasteiger partial charge >= 0.3 is 6.03 Å². The maximum absolute atomic E-state index is 12.6. The molecule has 0 radical (unpaired) electrons.